The van der Waals surface area contributed by atoms with Gasteiger partial charge in [0.15, 0.2) is 33.8 Å². The number of hydrogen-bond donors (Lipinski definition) is 4. The standard InChI is InChI=1S/C26H24N4O10/c1-9-15-11(7-13(31)17(9)33)26(21(37)29(5)24(40)30(6)22(26)38)16-10(2)18(34)14(32)8-12(16)25(15)19(35)27(3)23(39)28(4)20(25)36/h7-8,31-34H,1-6H3. The van der Waals surface area contributed by atoms with Crippen LogP contribution in [0.1, 0.15) is 33.4 Å². The van der Waals surface area contributed by atoms with Gasteiger partial charge in [0.1, 0.15) is 0 Å². The van der Waals surface area contributed by atoms with Gasteiger partial charge >= 0.3 is 12.1 Å². The Morgan fingerprint density at radius 1 is 0.525 bits per heavy atom. The molecule has 0 bridgehead atoms. The molecule has 8 amide bonds. The Balaban J connectivity index is 2.15. The van der Waals surface area contributed by atoms with Crippen LogP contribution in [-0.2, 0) is 30.0 Å². The largest absolute Gasteiger partial charge is 0.504 e. The molecule has 0 saturated carbocycles. The molecule has 2 aliphatic heterocycles. The van der Waals surface area contributed by atoms with E-state index in [0.29, 0.717) is 19.6 Å². The number of amides is 8. The Bertz CT molecular complexity index is 1490. The van der Waals surface area contributed by atoms with E-state index in [4.69, 9.17) is 0 Å². The van der Waals surface area contributed by atoms with E-state index in [1.165, 1.54) is 13.8 Å². The van der Waals surface area contributed by atoms with Crippen molar-refractivity contribution in [3.63, 3.8) is 0 Å². The van der Waals surface area contributed by atoms with Crippen LogP contribution in [0.25, 0.3) is 0 Å². The number of rotatable bonds is 0. The Hall–Kier alpha value is -5.14. The van der Waals surface area contributed by atoms with Crippen LogP contribution in [0.3, 0.4) is 0 Å². The maximum absolute atomic E-state index is 14.2. The zero-order valence-electron chi connectivity index (χ0n) is 22.2. The molecule has 14 heteroatoms. The van der Waals surface area contributed by atoms with E-state index in [9.17, 15) is 49.2 Å². The minimum atomic E-state index is -2.59. The molecule has 2 aromatic carbocycles. The molecule has 1 aliphatic carbocycles. The summed E-state index contributed by atoms with van der Waals surface area (Å²) < 4.78 is 0. The number of carbonyl (C=O) groups excluding carboxylic acids is 6. The summed E-state index contributed by atoms with van der Waals surface area (Å²) in [6, 6.07) is -0.315. The predicted molar refractivity (Wildman–Crippen MR) is 132 cm³/mol. The van der Waals surface area contributed by atoms with Crippen LogP contribution in [0, 0.1) is 13.8 Å². The lowest BCUT2D eigenvalue weighted by Gasteiger charge is -2.52. The maximum atomic E-state index is 14.2. The molecule has 14 nitrogen and oxygen atoms in total. The zero-order valence-corrected chi connectivity index (χ0v) is 22.2. The SMILES string of the molecule is Cc1c(O)c(O)cc2c1C1(C(=O)N(C)C(=O)N(C)C1=O)c1cc(O)c(O)c(C)c1C21C(=O)N(C)C(=O)N(C)C1=O. The van der Waals surface area contributed by atoms with Gasteiger partial charge in [-0.15, -0.1) is 0 Å². The van der Waals surface area contributed by atoms with Gasteiger partial charge in [0.05, 0.1) is 0 Å². The number of fused-ring (bicyclic) bond motifs is 6. The molecular formula is C26H24N4O10. The molecule has 0 unspecified atom stereocenters. The van der Waals surface area contributed by atoms with Crippen LogP contribution in [0.5, 0.6) is 23.0 Å². The van der Waals surface area contributed by atoms with E-state index in [1.807, 2.05) is 0 Å². The number of imide groups is 4. The molecule has 2 aromatic rings. The van der Waals surface area contributed by atoms with E-state index in [1.54, 1.807) is 0 Å². The summed E-state index contributed by atoms with van der Waals surface area (Å²) in [5.74, 6) is -7.79. The third-order valence-electron chi connectivity index (χ3n) is 8.25. The first-order valence-corrected chi connectivity index (χ1v) is 11.9. The second kappa shape index (κ2) is 7.71. The normalized spacial score (nSPS) is 19.6. The van der Waals surface area contributed by atoms with Gasteiger partial charge < -0.3 is 20.4 Å². The highest BCUT2D eigenvalue weighted by Gasteiger charge is 2.70. The first-order valence-electron chi connectivity index (χ1n) is 11.9. The maximum Gasteiger partial charge on any atom is 0.332 e. The van der Waals surface area contributed by atoms with Crippen molar-refractivity contribution in [2.24, 2.45) is 0 Å². The lowest BCUT2D eigenvalue weighted by Crippen LogP contribution is -2.71. The Morgan fingerprint density at radius 2 is 0.775 bits per heavy atom. The number of phenolic OH excluding ortho intramolecular Hbond substituents is 4. The summed E-state index contributed by atoms with van der Waals surface area (Å²) in [6.45, 7) is 2.46. The van der Waals surface area contributed by atoms with Crippen LogP contribution in [0.15, 0.2) is 12.1 Å². The summed E-state index contributed by atoms with van der Waals surface area (Å²) in [5.41, 5.74) is -7.41. The van der Waals surface area contributed by atoms with Crippen molar-refractivity contribution in [1.82, 2.24) is 19.6 Å². The second-order valence-corrected chi connectivity index (χ2v) is 10.1. The van der Waals surface area contributed by atoms with Crippen molar-refractivity contribution in [3.8, 4) is 23.0 Å². The van der Waals surface area contributed by atoms with Crippen molar-refractivity contribution in [3.05, 3.63) is 45.5 Å². The third-order valence-corrected chi connectivity index (χ3v) is 8.25. The number of benzene rings is 2. The van der Waals surface area contributed by atoms with Gasteiger partial charge in [0.2, 0.25) is 0 Å². The van der Waals surface area contributed by atoms with Crippen LogP contribution < -0.4 is 0 Å². The van der Waals surface area contributed by atoms with E-state index in [0.717, 1.165) is 40.3 Å². The van der Waals surface area contributed by atoms with Crippen molar-refractivity contribution in [2.75, 3.05) is 28.2 Å². The molecule has 5 rings (SSSR count). The van der Waals surface area contributed by atoms with E-state index in [-0.39, 0.29) is 11.1 Å². The topological polar surface area (TPSA) is 196 Å². The molecule has 2 fully saturated rings. The number of barbiturate groups is 2. The second-order valence-electron chi connectivity index (χ2n) is 10.1. The Kier molecular flexibility index (Phi) is 5.10. The minimum Gasteiger partial charge on any atom is -0.504 e. The van der Waals surface area contributed by atoms with Gasteiger partial charge in [0.25, 0.3) is 23.6 Å². The molecule has 0 atom stereocenters. The van der Waals surface area contributed by atoms with Gasteiger partial charge in [-0.25, -0.2) is 9.59 Å². The molecule has 0 aromatic heterocycles. The first-order chi connectivity index (χ1) is 18.5. The van der Waals surface area contributed by atoms with Crippen molar-refractivity contribution < 1.29 is 49.2 Å². The zero-order chi connectivity index (χ0) is 30.0. The fourth-order valence-corrected chi connectivity index (χ4v) is 6.28. The number of urea groups is 2. The molecule has 3 aliphatic rings. The summed E-state index contributed by atoms with van der Waals surface area (Å²) in [5, 5.41) is 43.0. The predicted octanol–water partition coefficient (Wildman–Crippen LogP) is 0.112. The van der Waals surface area contributed by atoms with E-state index in [2.05, 4.69) is 0 Å². The molecule has 40 heavy (non-hydrogen) atoms. The van der Waals surface area contributed by atoms with Crippen LogP contribution in [0.4, 0.5) is 9.59 Å². The van der Waals surface area contributed by atoms with E-state index >= 15 is 0 Å². The number of hydrogen-bond acceptors (Lipinski definition) is 10. The fraction of sp³-hybridized carbons (Fsp3) is 0.308. The molecule has 0 radical (unpaired) electrons. The van der Waals surface area contributed by atoms with Gasteiger partial charge in [0, 0.05) is 39.3 Å². The highest BCUT2D eigenvalue weighted by atomic mass is 16.3. The lowest BCUT2D eigenvalue weighted by molar-refractivity contribution is -0.152. The Morgan fingerprint density at radius 3 is 1.02 bits per heavy atom. The fourth-order valence-electron chi connectivity index (χ4n) is 6.28. The average Bonchev–Trinajstić information content (AvgIpc) is 2.92. The Labute approximate surface area is 226 Å². The lowest BCUT2D eigenvalue weighted by atomic mass is 9.53. The number of nitrogens with zero attached hydrogens (tertiary/aromatic N) is 4. The third kappa shape index (κ3) is 2.53. The number of aromatic hydroxyl groups is 4. The molecule has 2 saturated heterocycles. The van der Waals surface area contributed by atoms with E-state index < -0.39 is 91.8 Å². The molecule has 208 valence electrons. The van der Waals surface area contributed by atoms with Crippen LogP contribution in [-0.4, -0.2) is 104 Å². The van der Waals surface area contributed by atoms with Gasteiger partial charge in [-0.05, 0) is 48.2 Å². The average molecular weight is 552 g/mol. The number of likely N-dealkylation sites (N-methyl/N-ethyl adjacent to an activating group) is 4. The van der Waals surface area contributed by atoms with Crippen LogP contribution >= 0.6 is 0 Å². The number of phenols is 4. The molecular weight excluding hydrogens is 528 g/mol. The highest BCUT2D eigenvalue weighted by molar-refractivity contribution is 6.30. The quantitative estimate of drug-likeness (QED) is 0.257. The summed E-state index contributed by atoms with van der Waals surface area (Å²) in [7, 11) is 4.38. The van der Waals surface area contributed by atoms with Crippen LogP contribution in [0.2, 0.25) is 0 Å². The highest BCUT2D eigenvalue weighted by Crippen LogP contribution is 2.60. The van der Waals surface area contributed by atoms with Crippen molar-refractivity contribution in [1.29, 1.82) is 0 Å². The minimum absolute atomic E-state index is 0.286. The summed E-state index contributed by atoms with van der Waals surface area (Å²) >= 11 is 0. The first kappa shape index (κ1) is 26.5. The molecule has 2 heterocycles. The molecule has 2 spiro atoms. The van der Waals surface area contributed by atoms with Gasteiger partial charge in [-0.2, -0.15) is 0 Å². The van der Waals surface area contributed by atoms with Gasteiger partial charge in [-0.3, -0.25) is 38.8 Å². The number of carbonyl (C=O) groups is 6. The monoisotopic (exact) mass is 552 g/mol. The smallest absolute Gasteiger partial charge is 0.332 e. The molecule has 4 N–H and O–H groups in total. The van der Waals surface area contributed by atoms with Crippen molar-refractivity contribution >= 4 is 35.7 Å². The van der Waals surface area contributed by atoms with Gasteiger partial charge in [-0.1, -0.05) is 0 Å². The van der Waals surface area contributed by atoms with Crippen molar-refractivity contribution in [2.45, 2.75) is 24.7 Å². The summed E-state index contributed by atoms with van der Waals surface area (Å²) in [4.78, 5) is 84.8. The summed E-state index contributed by atoms with van der Waals surface area (Å²) in [6.07, 6.45) is 0.